The normalized spacial score (nSPS) is 16.7. The Morgan fingerprint density at radius 3 is 2.36 bits per heavy atom. The SMILES string of the molecule is CC(C)(C)c1ccc(CN2CCC3(CCN(C(=O)CNC(=O)c4cccnc4)CC3)Oc3ccccc32)cc1. The van der Waals surface area contributed by atoms with Crippen molar-refractivity contribution in [1.29, 1.82) is 0 Å². The molecule has 7 heteroatoms. The number of para-hydroxylation sites is 2. The largest absolute Gasteiger partial charge is 0.485 e. The zero-order valence-electron chi connectivity index (χ0n) is 23.2. The van der Waals surface area contributed by atoms with Gasteiger partial charge in [-0.3, -0.25) is 14.6 Å². The number of rotatable bonds is 5. The van der Waals surface area contributed by atoms with Gasteiger partial charge in [0.15, 0.2) is 0 Å². The summed E-state index contributed by atoms with van der Waals surface area (Å²) in [5.41, 5.74) is 4.01. The summed E-state index contributed by atoms with van der Waals surface area (Å²) in [4.78, 5) is 33.4. The number of amides is 2. The predicted octanol–water partition coefficient (Wildman–Crippen LogP) is 4.96. The van der Waals surface area contributed by atoms with Crippen molar-refractivity contribution >= 4 is 17.5 Å². The summed E-state index contributed by atoms with van der Waals surface area (Å²) in [6.45, 7) is 9.61. The Kier molecular flexibility index (Phi) is 7.60. The van der Waals surface area contributed by atoms with Crippen LogP contribution in [0.4, 0.5) is 5.69 Å². The molecule has 0 atom stereocenters. The van der Waals surface area contributed by atoms with Crippen LogP contribution in [0.1, 0.15) is 61.5 Å². The molecule has 2 aliphatic rings. The maximum absolute atomic E-state index is 12.9. The number of nitrogens with one attached hydrogen (secondary N) is 1. The fourth-order valence-corrected chi connectivity index (χ4v) is 5.43. The highest BCUT2D eigenvalue weighted by molar-refractivity contribution is 5.96. The van der Waals surface area contributed by atoms with Crippen LogP contribution in [0.5, 0.6) is 5.75 Å². The summed E-state index contributed by atoms with van der Waals surface area (Å²) < 4.78 is 6.74. The second-order valence-electron chi connectivity index (χ2n) is 11.7. The minimum absolute atomic E-state index is 0.0216. The van der Waals surface area contributed by atoms with E-state index in [1.165, 1.54) is 17.3 Å². The van der Waals surface area contributed by atoms with E-state index in [-0.39, 0.29) is 29.4 Å². The van der Waals surface area contributed by atoms with Gasteiger partial charge in [0.2, 0.25) is 5.91 Å². The first kappa shape index (κ1) is 26.7. The second kappa shape index (κ2) is 11.1. The van der Waals surface area contributed by atoms with E-state index in [4.69, 9.17) is 4.74 Å². The Morgan fingerprint density at radius 2 is 1.67 bits per heavy atom. The number of aromatic nitrogens is 1. The molecule has 5 rings (SSSR count). The number of pyridine rings is 1. The fraction of sp³-hybridized carbons (Fsp3) is 0.406. The number of hydrogen-bond donors (Lipinski definition) is 1. The third-order valence-electron chi connectivity index (χ3n) is 7.91. The number of nitrogens with zero attached hydrogens (tertiary/aromatic N) is 3. The van der Waals surface area contributed by atoms with Crippen molar-refractivity contribution in [3.63, 3.8) is 0 Å². The van der Waals surface area contributed by atoms with Crippen molar-refractivity contribution in [2.24, 2.45) is 0 Å². The van der Waals surface area contributed by atoms with Crippen LogP contribution in [-0.2, 0) is 16.8 Å². The molecule has 0 unspecified atom stereocenters. The van der Waals surface area contributed by atoms with Crippen molar-refractivity contribution in [1.82, 2.24) is 15.2 Å². The summed E-state index contributed by atoms with van der Waals surface area (Å²) in [5.74, 6) is 0.544. The summed E-state index contributed by atoms with van der Waals surface area (Å²) in [5, 5.41) is 2.72. The molecule has 1 fully saturated rings. The van der Waals surface area contributed by atoms with Crippen molar-refractivity contribution in [2.45, 2.75) is 57.6 Å². The molecular formula is C32H38N4O3. The number of anilines is 1. The van der Waals surface area contributed by atoms with Gasteiger partial charge in [-0.05, 0) is 40.8 Å². The molecule has 3 heterocycles. The highest BCUT2D eigenvalue weighted by Gasteiger charge is 2.40. The number of benzene rings is 2. The van der Waals surface area contributed by atoms with Crippen LogP contribution in [0.2, 0.25) is 0 Å². The molecule has 1 spiro atoms. The standard InChI is InChI=1S/C32H38N4O3/c1-31(2,3)26-12-10-24(11-13-26)23-36-20-16-32(39-28-9-5-4-8-27(28)36)14-18-35(19-15-32)29(37)22-34-30(38)25-7-6-17-33-21-25/h4-13,17,21H,14-16,18-20,22-23H2,1-3H3,(H,34,38). The Bertz CT molecular complexity index is 1290. The van der Waals surface area contributed by atoms with Crippen LogP contribution >= 0.6 is 0 Å². The number of fused-ring (bicyclic) bond motifs is 1. The van der Waals surface area contributed by atoms with Gasteiger partial charge in [-0.2, -0.15) is 0 Å². The first-order chi connectivity index (χ1) is 18.7. The molecule has 0 saturated carbocycles. The maximum atomic E-state index is 12.9. The lowest BCUT2D eigenvalue weighted by molar-refractivity contribution is -0.133. The molecule has 1 aromatic heterocycles. The molecule has 39 heavy (non-hydrogen) atoms. The van der Waals surface area contributed by atoms with Crippen LogP contribution in [-0.4, -0.2) is 53.5 Å². The quantitative estimate of drug-likeness (QED) is 0.509. The van der Waals surface area contributed by atoms with Gasteiger partial charge in [-0.25, -0.2) is 0 Å². The minimum atomic E-state index is -0.309. The van der Waals surface area contributed by atoms with Crippen molar-refractivity contribution in [3.8, 4) is 5.75 Å². The molecule has 2 aromatic carbocycles. The molecule has 204 valence electrons. The molecule has 0 bridgehead atoms. The van der Waals surface area contributed by atoms with Crippen LogP contribution in [0.3, 0.4) is 0 Å². The van der Waals surface area contributed by atoms with Gasteiger partial charge in [-0.1, -0.05) is 57.2 Å². The van der Waals surface area contributed by atoms with Crippen LogP contribution < -0.4 is 15.0 Å². The molecular weight excluding hydrogens is 488 g/mol. The maximum Gasteiger partial charge on any atom is 0.253 e. The van der Waals surface area contributed by atoms with Gasteiger partial charge < -0.3 is 19.9 Å². The number of carbonyl (C=O) groups excluding carboxylic acids is 2. The number of hydrogen-bond acceptors (Lipinski definition) is 5. The zero-order valence-corrected chi connectivity index (χ0v) is 23.2. The van der Waals surface area contributed by atoms with E-state index in [2.05, 4.69) is 78.4 Å². The first-order valence-corrected chi connectivity index (χ1v) is 13.8. The molecule has 1 N–H and O–H groups in total. The number of piperidine rings is 1. The van der Waals surface area contributed by atoms with E-state index in [1.807, 2.05) is 11.0 Å². The number of likely N-dealkylation sites (tertiary alicyclic amines) is 1. The van der Waals surface area contributed by atoms with E-state index >= 15 is 0 Å². The van der Waals surface area contributed by atoms with E-state index in [1.54, 1.807) is 18.3 Å². The van der Waals surface area contributed by atoms with Gasteiger partial charge >= 0.3 is 0 Å². The molecule has 3 aromatic rings. The number of carbonyl (C=O) groups is 2. The van der Waals surface area contributed by atoms with E-state index < -0.39 is 0 Å². The van der Waals surface area contributed by atoms with Gasteiger partial charge in [0, 0.05) is 57.8 Å². The summed E-state index contributed by atoms with van der Waals surface area (Å²) in [6.07, 6.45) is 5.52. The molecule has 2 amide bonds. The molecule has 2 aliphatic heterocycles. The van der Waals surface area contributed by atoms with E-state index in [0.717, 1.165) is 43.8 Å². The third kappa shape index (κ3) is 6.24. The lowest BCUT2D eigenvalue weighted by Crippen LogP contribution is -2.52. The van der Waals surface area contributed by atoms with Gasteiger partial charge in [0.1, 0.15) is 11.4 Å². The second-order valence-corrected chi connectivity index (χ2v) is 11.7. The van der Waals surface area contributed by atoms with Crippen LogP contribution in [0, 0.1) is 0 Å². The van der Waals surface area contributed by atoms with Crippen molar-refractivity contribution in [2.75, 3.05) is 31.1 Å². The Morgan fingerprint density at radius 1 is 0.949 bits per heavy atom. The monoisotopic (exact) mass is 526 g/mol. The minimum Gasteiger partial charge on any atom is -0.485 e. The van der Waals surface area contributed by atoms with Crippen LogP contribution in [0.15, 0.2) is 73.1 Å². The average Bonchev–Trinajstić information content (AvgIpc) is 3.09. The average molecular weight is 527 g/mol. The number of ether oxygens (including phenoxy) is 1. The highest BCUT2D eigenvalue weighted by Crippen LogP contribution is 2.41. The Balaban J connectivity index is 1.21. The molecule has 0 aliphatic carbocycles. The molecule has 0 radical (unpaired) electrons. The third-order valence-corrected chi connectivity index (χ3v) is 7.91. The summed E-state index contributed by atoms with van der Waals surface area (Å²) >= 11 is 0. The molecule has 1 saturated heterocycles. The smallest absolute Gasteiger partial charge is 0.253 e. The lowest BCUT2D eigenvalue weighted by atomic mass is 9.86. The lowest BCUT2D eigenvalue weighted by Gasteiger charge is -2.41. The highest BCUT2D eigenvalue weighted by atomic mass is 16.5. The zero-order chi connectivity index (χ0) is 27.5. The Labute approximate surface area is 231 Å². The summed E-state index contributed by atoms with van der Waals surface area (Å²) in [6, 6.07) is 20.6. The van der Waals surface area contributed by atoms with Crippen molar-refractivity contribution < 1.29 is 14.3 Å². The van der Waals surface area contributed by atoms with Gasteiger partial charge in [0.25, 0.3) is 5.91 Å². The Hall–Kier alpha value is -3.87. The predicted molar refractivity (Wildman–Crippen MR) is 153 cm³/mol. The van der Waals surface area contributed by atoms with Gasteiger partial charge in [-0.15, -0.1) is 0 Å². The van der Waals surface area contributed by atoms with Crippen molar-refractivity contribution in [3.05, 3.63) is 89.7 Å². The van der Waals surface area contributed by atoms with Gasteiger partial charge in [0.05, 0.1) is 17.8 Å². The first-order valence-electron chi connectivity index (χ1n) is 13.8. The van der Waals surface area contributed by atoms with E-state index in [0.29, 0.717) is 18.7 Å². The molecule has 7 nitrogen and oxygen atoms in total. The van der Waals surface area contributed by atoms with E-state index in [9.17, 15) is 9.59 Å². The van der Waals surface area contributed by atoms with Crippen LogP contribution in [0.25, 0.3) is 0 Å². The summed E-state index contributed by atoms with van der Waals surface area (Å²) in [7, 11) is 0. The fourth-order valence-electron chi connectivity index (χ4n) is 5.43. The topological polar surface area (TPSA) is 74.8 Å².